The van der Waals surface area contributed by atoms with Gasteiger partial charge in [-0.15, -0.1) is 0 Å². The van der Waals surface area contributed by atoms with Crippen LogP contribution in [-0.2, 0) is 0 Å². The first-order chi connectivity index (χ1) is 30.2. The minimum absolute atomic E-state index is 0.586. The van der Waals surface area contributed by atoms with Gasteiger partial charge in [-0.3, -0.25) is 0 Å². The Morgan fingerprint density at radius 2 is 0.951 bits per heavy atom. The summed E-state index contributed by atoms with van der Waals surface area (Å²) in [4.78, 5) is 15.4. The fourth-order valence-corrected chi connectivity index (χ4v) is 9.99. The predicted molar refractivity (Wildman–Crippen MR) is 250 cm³/mol. The van der Waals surface area contributed by atoms with Gasteiger partial charge in [-0.25, -0.2) is 15.0 Å². The monoisotopic (exact) mass is 777 g/mol. The van der Waals surface area contributed by atoms with E-state index in [1.807, 2.05) is 72.8 Å². The number of hydrogen-bond acceptors (Lipinski definition) is 4. The lowest BCUT2D eigenvalue weighted by Gasteiger charge is -2.13. The SMILES string of the molecule is c1ccc(-c2nc(-c3ccccc3)nc(-c3ccc(-n4c5cc6ccccc6cc5c5cc6c7cccc8c9ccccc9n(c6cc54)c87)c4oc5ccccc5c34)n2)cc1. The number of furan rings is 1. The van der Waals surface area contributed by atoms with Crippen LogP contribution < -0.4 is 0 Å². The van der Waals surface area contributed by atoms with Gasteiger partial charge in [0.1, 0.15) is 5.58 Å². The molecule has 0 aliphatic heterocycles. The second kappa shape index (κ2) is 12.1. The van der Waals surface area contributed by atoms with Crippen LogP contribution in [-0.4, -0.2) is 23.9 Å². The average molecular weight is 778 g/mol. The highest BCUT2D eigenvalue weighted by Crippen LogP contribution is 2.46. The van der Waals surface area contributed by atoms with Crippen molar-refractivity contribution in [3.63, 3.8) is 0 Å². The summed E-state index contributed by atoms with van der Waals surface area (Å²) in [7, 11) is 0. The third kappa shape index (κ3) is 4.53. The summed E-state index contributed by atoms with van der Waals surface area (Å²) in [5.41, 5.74) is 11.1. The average Bonchev–Trinajstić information content (AvgIpc) is 4.06. The number of fused-ring (bicyclic) bond motifs is 13. The van der Waals surface area contributed by atoms with Crippen LogP contribution in [0.3, 0.4) is 0 Å². The number of hydrogen-bond donors (Lipinski definition) is 0. The maximum absolute atomic E-state index is 7.02. The molecule has 0 atom stereocenters. The van der Waals surface area contributed by atoms with Crippen molar-refractivity contribution < 1.29 is 4.42 Å². The van der Waals surface area contributed by atoms with Crippen molar-refractivity contribution in [2.45, 2.75) is 0 Å². The lowest BCUT2D eigenvalue weighted by atomic mass is 10.0. The summed E-state index contributed by atoms with van der Waals surface area (Å²) in [5, 5.41) is 11.8. The van der Waals surface area contributed by atoms with E-state index < -0.39 is 0 Å². The van der Waals surface area contributed by atoms with Crippen LogP contribution in [0.5, 0.6) is 0 Å². The first kappa shape index (κ1) is 32.6. The Morgan fingerprint density at radius 1 is 0.377 bits per heavy atom. The molecule has 6 heteroatoms. The lowest BCUT2D eigenvalue weighted by Crippen LogP contribution is -2.01. The summed E-state index contributed by atoms with van der Waals surface area (Å²) in [5.74, 6) is 1.82. The van der Waals surface area contributed by atoms with Gasteiger partial charge in [-0.2, -0.15) is 0 Å². The van der Waals surface area contributed by atoms with Crippen molar-refractivity contribution in [1.82, 2.24) is 23.9 Å². The molecule has 0 N–H and O–H groups in total. The smallest absolute Gasteiger partial charge is 0.164 e. The van der Waals surface area contributed by atoms with E-state index in [0.29, 0.717) is 17.5 Å². The Hall–Kier alpha value is -8.35. The summed E-state index contributed by atoms with van der Waals surface area (Å²) >= 11 is 0. The van der Waals surface area contributed by atoms with Gasteiger partial charge in [0.15, 0.2) is 23.1 Å². The Labute approximate surface area is 347 Å². The van der Waals surface area contributed by atoms with E-state index in [1.165, 1.54) is 59.6 Å². The topological polar surface area (TPSA) is 61.2 Å². The van der Waals surface area contributed by atoms with Gasteiger partial charge in [0.05, 0.1) is 33.3 Å². The van der Waals surface area contributed by atoms with Gasteiger partial charge in [0.25, 0.3) is 0 Å². The molecule has 9 aromatic carbocycles. The van der Waals surface area contributed by atoms with E-state index in [-0.39, 0.29) is 0 Å². The Bertz CT molecular complexity index is 4050. The molecule has 0 saturated carbocycles. The van der Waals surface area contributed by atoms with Crippen LogP contribution in [0, 0.1) is 0 Å². The third-order valence-electron chi connectivity index (χ3n) is 12.7. The summed E-state index contributed by atoms with van der Waals surface area (Å²) < 4.78 is 11.9. The number of rotatable bonds is 4. The molecular formula is C55H31N5O. The van der Waals surface area contributed by atoms with Gasteiger partial charge in [-0.05, 0) is 59.3 Å². The second-order valence-electron chi connectivity index (χ2n) is 16.0. The molecule has 0 saturated heterocycles. The number of para-hydroxylation sites is 3. The summed E-state index contributed by atoms with van der Waals surface area (Å²) in [6.45, 7) is 0. The molecule has 0 radical (unpaired) electrons. The standard InChI is InChI=1S/C55H31N5O/c1-3-14-32(15-4-1)53-56-54(33-16-5-2-6-17-33)58-55(57-53)40-26-27-45(52-50(40)39-21-10-12-25-49(39)61-52)59-46-29-35-19-8-7-18-34(35)28-41(46)43-30-42-38-23-13-22-37-36-20-9-11-24-44(36)60(51(37)38)48(42)31-47(43)59/h1-31H. The highest BCUT2D eigenvalue weighted by atomic mass is 16.3. The van der Waals surface area contributed by atoms with Crippen molar-refractivity contribution in [2.75, 3.05) is 0 Å². The molecule has 282 valence electrons. The minimum atomic E-state index is 0.586. The lowest BCUT2D eigenvalue weighted by molar-refractivity contribution is 0.666. The molecule has 5 aromatic heterocycles. The van der Waals surface area contributed by atoms with Crippen LogP contribution in [0.1, 0.15) is 0 Å². The third-order valence-corrected chi connectivity index (χ3v) is 12.7. The van der Waals surface area contributed by atoms with Gasteiger partial charge in [0, 0.05) is 59.8 Å². The fourth-order valence-electron chi connectivity index (χ4n) is 9.99. The largest absolute Gasteiger partial charge is 0.454 e. The van der Waals surface area contributed by atoms with Gasteiger partial charge < -0.3 is 13.4 Å². The second-order valence-corrected chi connectivity index (χ2v) is 16.0. The van der Waals surface area contributed by atoms with Gasteiger partial charge in [-0.1, -0.05) is 140 Å². The Kier molecular flexibility index (Phi) is 6.46. The van der Waals surface area contributed by atoms with E-state index in [4.69, 9.17) is 19.4 Å². The molecule has 0 aliphatic rings. The molecule has 0 fully saturated rings. The van der Waals surface area contributed by atoms with E-state index in [9.17, 15) is 0 Å². The molecule has 0 spiro atoms. The first-order valence-corrected chi connectivity index (χ1v) is 20.6. The number of nitrogens with zero attached hydrogens (tertiary/aromatic N) is 5. The Morgan fingerprint density at radius 3 is 1.72 bits per heavy atom. The summed E-state index contributed by atoms with van der Waals surface area (Å²) in [6, 6.07) is 66.5. The zero-order valence-electron chi connectivity index (χ0n) is 32.5. The molecule has 0 bridgehead atoms. The molecule has 61 heavy (non-hydrogen) atoms. The van der Waals surface area contributed by atoms with E-state index >= 15 is 0 Å². The zero-order valence-corrected chi connectivity index (χ0v) is 32.5. The normalized spacial score (nSPS) is 12.3. The zero-order chi connectivity index (χ0) is 39.8. The highest BCUT2D eigenvalue weighted by Gasteiger charge is 2.25. The summed E-state index contributed by atoms with van der Waals surface area (Å²) in [6.07, 6.45) is 0. The molecular weight excluding hydrogens is 747 g/mol. The molecule has 6 nitrogen and oxygen atoms in total. The van der Waals surface area contributed by atoms with Crippen LogP contribution in [0.2, 0.25) is 0 Å². The number of benzene rings is 9. The number of aromatic nitrogens is 5. The molecule has 14 aromatic rings. The van der Waals surface area contributed by atoms with E-state index in [0.717, 1.165) is 55.3 Å². The minimum Gasteiger partial charge on any atom is -0.454 e. The molecule has 0 amide bonds. The fraction of sp³-hybridized carbons (Fsp3) is 0. The maximum atomic E-state index is 7.02. The predicted octanol–water partition coefficient (Wildman–Crippen LogP) is 14.2. The van der Waals surface area contributed by atoms with Crippen LogP contribution >= 0.6 is 0 Å². The Balaban J connectivity index is 1.11. The van der Waals surface area contributed by atoms with Crippen molar-refractivity contribution in [3.8, 4) is 39.9 Å². The molecule has 0 unspecified atom stereocenters. The van der Waals surface area contributed by atoms with Crippen LogP contribution in [0.4, 0.5) is 0 Å². The van der Waals surface area contributed by atoms with E-state index in [2.05, 4.69) is 124 Å². The first-order valence-electron chi connectivity index (χ1n) is 20.6. The maximum Gasteiger partial charge on any atom is 0.164 e. The van der Waals surface area contributed by atoms with Gasteiger partial charge in [0.2, 0.25) is 0 Å². The van der Waals surface area contributed by atoms with Gasteiger partial charge >= 0.3 is 0 Å². The van der Waals surface area contributed by atoms with Crippen LogP contribution in [0.25, 0.3) is 132 Å². The van der Waals surface area contributed by atoms with Crippen molar-refractivity contribution in [3.05, 3.63) is 188 Å². The molecule has 5 heterocycles. The molecule has 14 rings (SSSR count). The van der Waals surface area contributed by atoms with Crippen LogP contribution in [0.15, 0.2) is 192 Å². The van der Waals surface area contributed by atoms with E-state index in [1.54, 1.807) is 0 Å². The highest BCUT2D eigenvalue weighted by molar-refractivity contribution is 6.27. The molecule has 0 aliphatic carbocycles. The van der Waals surface area contributed by atoms with Crippen molar-refractivity contribution in [2.24, 2.45) is 0 Å². The van der Waals surface area contributed by atoms with Crippen molar-refractivity contribution in [1.29, 1.82) is 0 Å². The quantitative estimate of drug-likeness (QED) is 0.179. The van der Waals surface area contributed by atoms with Crippen molar-refractivity contribution >= 4 is 92.6 Å².